The minimum absolute atomic E-state index is 0.0404. The van der Waals surface area contributed by atoms with Gasteiger partial charge in [0, 0.05) is 38.0 Å². The summed E-state index contributed by atoms with van der Waals surface area (Å²) in [6.07, 6.45) is 10.0. The number of hydrogen-bond acceptors (Lipinski definition) is 3. The lowest BCUT2D eigenvalue weighted by Gasteiger charge is -2.22. The fraction of sp³-hybridized carbons (Fsp3) is 0.444. The second-order valence-electron chi connectivity index (χ2n) is 6.46. The van der Waals surface area contributed by atoms with E-state index < -0.39 is 0 Å². The maximum Gasteiger partial charge on any atom is 0.253 e. The molecule has 0 saturated heterocycles. The molecule has 5 heteroatoms. The van der Waals surface area contributed by atoms with Crippen LogP contribution >= 0.6 is 0 Å². The van der Waals surface area contributed by atoms with Crippen molar-refractivity contribution in [2.75, 3.05) is 19.8 Å². The second-order valence-corrected chi connectivity index (χ2v) is 6.46. The number of nitrogens with zero attached hydrogens (tertiary/aromatic N) is 3. The highest BCUT2D eigenvalue weighted by atomic mass is 16.2. The molecular formula is C18H24N4O. The van der Waals surface area contributed by atoms with Crippen LogP contribution in [-0.4, -0.2) is 34.5 Å². The molecule has 1 aromatic heterocycles. The summed E-state index contributed by atoms with van der Waals surface area (Å²) in [7, 11) is 3.48. The summed E-state index contributed by atoms with van der Waals surface area (Å²) < 4.78 is 2.08. The predicted molar refractivity (Wildman–Crippen MR) is 91.8 cm³/mol. The van der Waals surface area contributed by atoms with Crippen molar-refractivity contribution in [3.63, 3.8) is 0 Å². The van der Waals surface area contributed by atoms with Gasteiger partial charge in [-0.3, -0.25) is 4.79 Å². The van der Waals surface area contributed by atoms with Gasteiger partial charge in [-0.2, -0.15) is 0 Å². The third-order valence-corrected chi connectivity index (χ3v) is 4.58. The summed E-state index contributed by atoms with van der Waals surface area (Å²) in [5, 5.41) is 0. The van der Waals surface area contributed by atoms with Gasteiger partial charge in [-0.15, -0.1) is 0 Å². The van der Waals surface area contributed by atoms with Gasteiger partial charge in [-0.25, -0.2) is 4.98 Å². The van der Waals surface area contributed by atoms with Crippen molar-refractivity contribution in [1.29, 1.82) is 0 Å². The summed E-state index contributed by atoms with van der Waals surface area (Å²) in [6, 6.07) is 5.50. The summed E-state index contributed by atoms with van der Waals surface area (Å²) >= 11 is 0. The highest BCUT2D eigenvalue weighted by Gasteiger charge is 2.21. The topological polar surface area (TPSA) is 64.2 Å². The molecule has 0 aliphatic heterocycles. The lowest BCUT2D eigenvalue weighted by molar-refractivity contribution is 0.0827. The number of nitrogens with two attached hydrogens (primary N) is 1. The van der Waals surface area contributed by atoms with E-state index in [0.717, 1.165) is 11.5 Å². The van der Waals surface area contributed by atoms with Gasteiger partial charge in [0.1, 0.15) is 5.82 Å². The molecule has 1 amide bonds. The van der Waals surface area contributed by atoms with Gasteiger partial charge in [-0.1, -0.05) is 19.3 Å². The Morgan fingerprint density at radius 3 is 2.65 bits per heavy atom. The molecule has 2 aromatic rings. The average molecular weight is 312 g/mol. The monoisotopic (exact) mass is 312 g/mol. The standard InChI is InChI=1S/C18H24N4O/c1-21(2)18(23)14-8-9-16(15(19)12-14)22-11-10-20-17(22)13-6-4-3-5-7-13/h8-13H,3-7,19H2,1-2H3. The maximum absolute atomic E-state index is 12.1. The third-order valence-electron chi connectivity index (χ3n) is 4.58. The van der Waals surface area contributed by atoms with Crippen molar-refractivity contribution in [3.8, 4) is 5.69 Å². The summed E-state index contributed by atoms with van der Waals surface area (Å²) in [5.74, 6) is 1.55. The van der Waals surface area contributed by atoms with E-state index in [0.29, 0.717) is 17.2 Å². The average Bonchev–Trinajstić information content (AvgIpc) is 3.04. The van der Waals surface area contributed by atoms with Gasteiger partial charge in [0.25, 0.3) is 5.91 Å². The van der Waals surface area contributed by atoms with E-state index in [4.69, 9.17) is 5.73 Å². The molecule has 1 saturated carbocycles. The first kappa shape index (κ1) is 15.6. The Bertz CT molecular complexity index is 699. The number of carbonyl (C=O) groups is 1. The van der Waals surface area contributed by atoms with Crippen molar-refractivity contribution >= 4 is 11.6 Å². The number of benzene rings is 1. The minimum Gasteiger partial charge on any atom is -0.397 e. The summed E-state index contributed by atoms with van der Waals surface area (Å²) in [6.45, 7) is 0. The molecule has 0 unspecified atom stereocenters. The molecule has 1 aromatic carbocycles. The van der Waals surface area contributed by atoms with Crippen molar-refractivity contribution in [2.45, 2.75) is 38.0 Å². The third kappa shape index (κ3) is 3.09. The van der Waals surface area contributed by atoms with Crippen LogP contribution in [0.25, 0.3) is 5.69 Å². The van der Waals surface area contributed by atoms with Crippen molar-refractivity contribution in [1.82, 2.24) is 14.5 Å². The summed E-state index contributed by atoms with van der Waals surface area (Å²) in [4.78, 5) is 18.2. The van der Waals surface area contributed by atoms with Gasteiger partial charge >= 0.3 is 0 Å². The number of imidazole rings is 1. The molecule has 1 heterocycles. The molecule has 3 rings (SSSR count). The van der Waals surface area contributed by atoms with E-state index in [1.807, 2.05) is 24.5 Å². The number of amides is 1. The molecule has 0 spiro atoms. The van der Waals surface area contributed by atoms with Crippen LogP contribution < -0.4 is 5.73 Å². The van der Waals surface area contributed by atoms with E-state index >= 15 is 0 Å². The van der Waals surface area contributed by atoms with E-state index in [9.17, 15) is 4.79 Å². The Labute approximate surface area is 137 Å². The van der Waals surface area contributed by atoms with Gasteiger partial charge < -0.3 is 15.2 Å². The SMILES string of the molecule is CN(C)C(=O)c1ccc(-n2ccnc2C2CCCCC2)c(N)c1. The fourth-order valence-corrected chi connectivity index (χ4v) is 3.35. The Balaban J connectivity index is 1.93. The summed E-state index contributed by atoms with van der Waals surface area (Å²) in [5.41, 5.74) is 8.34. The van der Waals surface area contributed by atoms with Crippen molar-refractivity contribution in [3.05, 3.63) is 42.0 Å². The molecule has 1 fully saturated rings. The van der Waals surface area contributed by atoms with Gasteiger partial charge in [-0.05, 0) is 31.0 Å². The molecule has 5 nitrogen and oxygen atoms in total. The number of aromatic nitrogens is 2. The lowest BCUT2D eigenvalue weighted by atomic mass is 9.88. The van der Waals surface area contributed by atoms with Gasteiger partial charge in [0.2, 0.25) is 0 Å². The van der Waals surface area contributed by atoms with E-state index in [1.165, 1.54) is 32.1 Å². The van der Waals surface area contributed by atoms with E-state index in [1.54, 1.807) is 25.1 Å². The molecule has 0 radical (unpaired) electrons. The van der Waals surface area contributed by atoms with E-state index in [2.05, 4.69) is 9.55 Å². The first-order valence-corrected chi connectivity index (χ1v) is 8.22. The Hall–Kier alpha value is -2.30. The molecule has 1 aliphatic rings. The zero-order valence-electron chi connectivity index (χ0n) is 13.8. The minimum atomic E-state index is -0.0404. The molecule has 2 N–H and O–H groups in total. The number of anilines is 1. The van der Waals surface area contributed by atoms with Crippen LogP contribution in [0.1, 0.15) is 54.2 Å². The highest BCUT2D eigenvalue weighted by Crippen LogP contribution is 2.33. The van der Waals surface area contributed by atoms with Crippen LogP contribution in [0, 0.1) is 0 Å². The first-order valence-electron chi connectivity index (χ1n) is 8.22. The van der Waals surface area contributed by atoms with Crippen molar-refractivity contribution < 1.29 is 4.79 Å². The predicted octanol–water partition coefficient (Wildman–Crippen LogP) is 3.20. The molecule has 0 atom stereocenters. The molecule has 23 heavy (non-hydrogen) atoms. The quantitative estimate of drug-likeness (QED) is 0.885. The molecule has 1 aliphatic carbocycles. The highest BCUT2D eigenvalue weighted by molar-refractivity contribution is 5.95. The van der Waals surface area contributed by atoms with Crippen molar-refractivity contribution in [2.24, 2.45) is 0 Å². The fourth-order valence-electron chi connectivity index (χ4n) is 3.35. The first-order chi connectivity index (χ1) is 11.1. The van der Waals surface area contributed by atoms with Crippen LogP contribution in [0.15, 0.2) is 30.6 Å². The van der Waals surface area contributed by atoms with Gasteiger partial charge in [0.15, 0.2) is 0 Å². The maximum atomic E-state index is 12.1. The normalized spacial score (nSPS) is 15.6. The zero-order valence-corrected chi connectivity index (χ0v) is 13.8. The molecular weight excluding hydrogens is 288 g/mol. The Kier molecular flexibility index (Phi) is 4.37. The van der Waals surface area contributed by atoms with E-state index in [-0.39, 0.29) is 5.91 Å². The number of carbonyl (C=O) groups excluding carboxylic acids is 1. The number of rotatable bonds is 3. The largest absolute Gasteiger partial charge is 0.397 e. The number of hydrogen-bond donors (Lipinski definition) is 1. The van der Waals surface area contributed by atoms with Crippen LogP contribution in [0.3, 0.4) is 0 Å². The van der Waals surface area contributed by atoms with Gasteiger partial charge in [0.05, 0.1) is 11.4 Å². The second kappa shape index (κ2) is 6.44. The molecule has 0 bridgehead atoms. The van der Waals surface area contributed by atoms with Crippen LogP contribution in [0.2, 0.25) is 0 Å². The van der Waals surface area contributed by atoms with Crippen LogP contribution in [-0.2, 0) is 0 Å². The zero-order chi connectivity index (χ0) is 16.4. The van der Waals surface area contributed by atoms with Crippen LogP contribution in [0.5, 0.6) is 0 Å². The molecule has 122 valence electrons. The smallest absolute Gasteiger partial charge is 0.253 e. The lowest BCUT2D eigenvalue weighted by Crippen LogP contribution is -2.22. The Morgan fingerprint density at radius 1 is 1.26 bits per heavy atom. The Morgan fingerprint density at radius 2 is 2.00 bits per heavy atom. The van der Waals surface area contributed by atoms with Crippen LogP contribution in [0.4, 0.5) is 5.69 Å². The number of nitrogen functional groups attached to an aromatic ring is 1.